The lowest BCUT2D eigenvalue weighted by Crippen LogP contribution is -2.20. The number of nitrogens with two attached hydrogens (primary N) is 1. The highest BCUT2D eigenvalue weighted by Crippen LogP contribution is 2.05. The summed E-state index contributed by atoms with van der Waals surface area (Å²) in [5.41, 5.74) is 7.07. The van der Waals surface area contributed by atoms with E-state index in [1.54, 1.807) is 0 Å². The minimum atomic E-state index is 0.213. The summed E-state index contributed by atoms with van der Waals surface area (Å²) in [5.74, 6) is 0. The maximum atomic E-state index is 5.78. The van der Waals surface area contributed by atoms with Crippen molar-refractivity contribution in [1.29, 1.82) is 0 Å². The summed E-state index contributed by atoms with van der Waals surface area (Å²) in [7, 11) is 0. The van der Waals surface area contributed by atoms with Gasteiger partial charge in [-0.05, 0) is 32.9 Å². The predicted octanol–water partition coefficient (Wildman–Crippen LogP) is 1.80. The Hall–Kier alpha value is -0.800. The van der Waals surface area contributed by atoms with Crippen LogP contribution in [0.3, 0.4) is 0 Å². The van der Waals surface area contributed by atoms with Crippen LogP contribution in [0.4, 0.5) is 0 Å². The van der Waals surface area contributed by atoms with Gasteiger partial charge in [0.15, 0.2) is 0 Å². The molecule has 0 aromatic carbocycles. The number of rotatable bonds is 6. The molecule has 0 aliphatic carbocycles. The molecule has 3 heteroatoms. The molecule has 0 radical (unpaired) electrons. The highest BCUT2D eigenvalue weighted by atomic mass is 16.5. The van der Waals surface area contributed by atoms with Crippen molar-refractivity contribution in [2.24, 2.45) is 5.73 Å². The normalized spacial score (nSPS) is 13.4. The van der Waals surface area contributed by atoms with Gasteiger partial charge in [0.05, 0.1) is 12.7 Å². The smallest absolute Gasteiger partial charge is 0.0649 e. The molecule has 0 aliphatic rings. The molecule has 0 saturated heterocycles. The Labute approximate surface area is 92.2 Å². The Morgan fingerprint density at radius 2 is 2.13 bits per heavy atom. The number of hydrogen-bond donors (Lipinski definition) is 1. The van der Waals surface area contributed by atoms with Crippen LogP contribution in [-0.4, -0.2) is 23.3 Å². The lowest BCUT2D eigenvalue weighted by Gasteiger charge is -2.12. The fourth-order valence-electron chi connectivity index (χ4n) is 1.57. The second kappa shape index (κ2) is 5.93. The lowest BCUT2D eigenvalue weighted by molar-refractivity contribution is 0.0724. The third kappa shape index (κ3) is 4.49. The van der Waals surface area contributed by atoms with Crippen LogP contribution < -0.4 is 5.73 Å². The van der Waals surface area contributed by atoms with Crippen LogP contribution in [0, 0.1) is 0 Å². The van der Waals surface area contributed by atoms with Gasteiger partial charge < -0.3 is 15.0 Å². The van der Waals surface area contributed by atoms with E-state index in [1.165, 1.54) is 5.69 Å². The van der Waals surface area contributed by atoms with Crippen molar-refractivity contribution < 1.29 is 4.74 Å². The molecule has 1 aromatic rings. The Bertz CT molecular complexity index is 279. The topological polar surface area (TPSA) is 40.2 Å². The second-order valence-corrected chi connectivity index (χ2v) is 4.29. The van der Waals surface area contributed by atoms with E-state index in [-0.39, 0.29) is 6.04 Å². The van der Waals surface area contributed by atoms with Crippen LogP contribution in [0.5, 0.6) is 0 Å². The van der Waals surface area contributed by atoms with Gasteiger partial charge in [-0.15, -0.1) is 0 Å². The monoisotopic (exact) mass is 210 g/mol. The van der Waals surface area contributed by atoms with Crippen LogP contribution in [-0.2, 0) is 17.7 Å². The molecule has 86 valence electrons. The van der Waals surface area contributed by atoms with E-state index in [2.05, 4.69) is 36.7 Å². The molecule has 0 fully saturated rings. The highest BCUT2D eigenvalue weighted by molar-refractivity contribution is 5.08. The van der Waals surface area contributed by atoms with Crippen molar-refractivity contribution in [3.05, 3.63) is 24.0 Å². The molecule has 0 amide bonds. The molecule has 2 N–H and O–H groups in total. The Balaban J connectivity index is 2.43. The van der Waals surface area contributed by atoms with Crippen LogP contribution in [0.2, 0.25) is 0 Å². The summed E-state index contributed by atoms with van der Waals surface area (Å²) < 4.78 is 7.74. The Kier molecular flexibility index (Phi) is 4.85. The first-order valence-corrected chi connectivity index (χ1v) is 5.60. The predicted molar refractivity (Wildman–Crippen MR) is 62.9 cm³/mol. The van der Waals surface area contributed by atoms with Gasteiger partial charge in [-0.3, -0.25) is 0 Å². The summed E-state index contributed by atoms with van der Waals surface area (Å²) >= 11 is 0. The standard InChI is InChI=1S/C12H22N2O/c1-10(2)15-8-7-14-6-4-5-12(14)9-11(3)13/h4-6,10-11H,7-9,13H2,1-3H3. The van der Waals surface area contributed by atoms with Gasteiger partial charge in [0, 0.05) is 30.9 Å². The first-order valence-electron chi connectivity index (χ1n) is 5.60. The molecule has 1 atom stereocenters. The van der Waals surface area contributed by atoms with Crippen molar-refractivity contribution in [2.45, 2.75) is 45.9 Å². The molecule has 1 heterocycles. The van der Waals surface area contributed by atoms with E-state index in [4.69, 9.17) is 10.5 Å². The van der Waals surface area contributed by atoms with E-state index < -0.39 is 0 Å². The number of nitrogens with zero attached hydrogens (tertiary/aromatic N) is 1. The summed E-state index contributed by atoms with van der Waals surface area (Å²) in [6, 6.07) is 4.40. The molecule has 0 saturated carbocycles. The summed E-state index contributed by atoms with van der Waals surface area (Å²) in [4.78, 5) is 0. The average Bonchev–Trinajstić information content (AvgIpc) is 2.51. The average molecular weight is 210 g/mol. The largest absolute Gasteiger partial charge is 0.377 e. The van der Waals surface area contributed by atoms with Crippen LogP contribution in [0.25, 0.3) is 0 Å². The Morgan fingerprint density at radius 3 is 2.73 bits per heavy atom. The Morgan fingerprint density at radius 1 is 1.40 bits per heavy atom. The number of ether oxygens (including phenoxy) is 1. The SMILES string of the molecule is CC(N)Cc1cccn1CCOC(C)C. The van der Waals surface area contributed by atoms with E-state index in [0.717, 1.165) is 19.6 Å². The molecule has 0 aliphatic heterocycles. The molecular formula is C12H22N2O. The molecule has 0 spiro atoms. The van der Waals surface area contributed by atoms with Crippen molar-refractivity contribution in [2.75, 3.05) is 6.61 Å². The molecule has 1 aromatic heterocycles. The minimum absolute atomic E-state index is 0.213. The van der Waals surface area contributed by atoms with Gasteiger partial charge in [-0.2, -0.15) is 0 Å². The van der Waals surface area contributed by atoms with Crippen LogP contribution in [0.15, 0.2) is 18.3 Å². The fourth-order valence-corrected chi connectivity index (χ4v) is 1.57. The second-order valence-electron chi connectivity index (χ2n) is 4.29. The van der Waals surface area contributed by atoms with Gasteiger partial charge in [-0.1, -0.05) is 0 Å². The van der Waals surface area contributed by atoms with Crippen molar-refractivity contribution in [3.63, 3.8) is 0 Å². The third-order valence-corrected chi connectivity index (χ3v) is 2.24. The van der Waals surface area contributed by atoms with Crippen molar-refractivity contribution >= 4 is 0 Å². The maximum absolute atomic E-state index is 5.78. The minimum Gasteiger partial charge on any atom is -0.377 e. The van der Waals surface area contributed by atoms with Gasteiger partial charge in [-0.25, -0.2) is 0 Å². The first-order chi connectivity index (χ1) is 7.09. The summed E-state index contributed by atoms with van der Waals surface area (Å²) in [5, 5.41) is 0. The molecule has 1 rings (SSSR count). The van der Waals surface area contributed by atoms with Gasteiger partial charge in [0.25, 0.3) is 0 Å². The highest BCUT2D eigenvalue weighted by Gasteiger charge is 2.03. The van der Waals surface area contributed by atoms with E-state index in [0.29, 0.717) is 6.10 Å². The van der Waals surface area contributed by atoms with Crippen LogP contribution in [0.1, 0.15) is 26.5 Å². The van der Waals surface area contributed by atoms with Gasteiger partial charge in [0.2, 0.25) is 0 Å². The van der Waals surface area contributed by atoms with Crippen molar-refractivity contribution in [3.8, 4) is 0 Å². The molecule has 15 heavy (non-hydrogen) atoms. The van der Waals surface area contributed by atoms with Crippen LogP contribution >= 0.6 is 0 Å². The fraction of sp³-hybridized carbons (Fsp3) is 0.667. The van der Waals surface area contributed by atoms with Gasteiger partial charge in [0.1, 0.15) is 0 Å². The van der Waals surface area contributed by atoms with E-state index in [9.17, 15) is 0 Å². The number of aromatic nitrogens is 1. The van der Waals surface area contributed by atoms with Crippen molar-refractivity contribution in [1.82, 2.24) is 4.57 Å². The molecule has 3 nitrogen and oxygen atoms in total. The van der Waals surface area contributed by atoms with E-state index >= 15 is 0 Å². The summed E-state index contributed by atoms with van der Waals surface area (Å²) in [6.07, 6.45) is 3.31. The third-order valence-electron chi connectivity index (χ3n) is 2.24. The maximum Gasteiger partial charge on any atom is 0.0649 e. The lowest BCUT2D eigenvalue weighted by atomic mass is 10.2. The first kappa shape index (κ1) is 12.3. The van der Waals surface area contributed by atoms with E-state index in [1.807, 2.05) is 6.92 Å². The molecule has 1 unspecified atom stereocenters. The number of hydrogen-bond acceptors (Lipinski definition) is 2. The quantitative estimate of drug-likeness (QED) is 0.777. The molecular weight excluding hydrogens is 188 g/mol. The zero-order valence-corrected chi connectivity index (χ0v) is 9.94. The zero-order valence-electron chi connectivity index (χ0n) is 9.94. The zero-order chi connectivity index (χ0) is 11.3. The van der Waals surface area contributed by atoms with Gasteiger partial charge >= 0.3 is 0 Å². The summed E-state index contributed by atoms with van der Waals surface area (Å²) in [6.45, 7) is 7.81. The molecule has 0 bridgehead atoms.